The minimum absolute atomic E-state index is 0.268. The number of aromatic nitrogens is 1. The van der Waals surface area contributed by atoms with Gasteiger partial charge in [0.2, 0.25) is 5.89 Å². The molecule has 2 aromatic rings. The zero-order valence-corrected chi connectivity index (χ0v) is 13.3. The minimum atomic E-state index is 0.268. The first-order chi connectivity index (χ1) is 10.7. The van der Waals surface area contributed by atoms with E-state index in [2.05, 4.69) is 23.7 Å². The summed E-state index contributed by atoms with van der Waals surface area (Å²) < 4.78 is 16.4. The number of ether oxygens (including phenoxy) is 2. The van der Waals surface area contributed by atoms with E-state index >= 15 is 0 Å². The number of nitrogens with zero attached hydrogens (tertiary/aromatic N) is 2. The molecule has 1 saturated heterocycles. The van der Waals surface area contributed by atoms with E-state index in [0.29, 0.717) is 11.9 Å². The van der Waals surface area contributed by atoms with Gasteiger partial charge in [-0.15, -0.1) is 0 Å². The molecule has 5 heteroatoms. The highest BCUT2D eigenvalue weighted by atomic mass is 16.5. The van der Waals surface area contributed by atoms with E-state index in [9.17, 15) is 0 Å². The van der Waals surface area contributed by atoms with Crippen molar-refractivity contribution in [2.75, 3.05) is 20.3 Å². The molecule has 118 valence electrons. The number of methoxy groups -OCH3 is 1. The van der Waals surface area contributed by atoms with Crippen molar-refractivity contribution in [3.05, 3.63) is 36.2 Å². The van der Waals surface area contributed by atoms with Gasteiger partial charge in [-0.25, -0.2) is 4.98 Å². The largest absolute Gasteiger partial charge is 0.497 e. The average molecular weight is 302 g/mol. The molecule has 0 spiro atoms. The van der Waals surface area contributed by atoms with Gasteiger partial charge in [-0.1, -0.05) is 0 Å². The Bertz CT molecular complexity index is 609. The third-order valence-electron chi connectivity index (χ3n) is 3.99. The molecular formula is C17H22N2O3. The first-order valence-electron chi connectivity index (χ1n) is 7.60. The Hall–Kier alpha value is -1.85. The lowest BCUT2D eigenvalue weighted by Crippen LogP contribution is -2.46. The van der Waals surface area contributed by atoms with Crippen LogP contribution >= 0.6 is 0 Å². The Morgan fingerprint density at radius 3 is 2.77 bits per heavy atom. The first-order valence-corrected chi connectivity index (χ1v) is 7.60. The van der Waals surface area contributed by atoms with E-state index in [0.717, 1.165) is 36.7 Å². The first kappa shape index (κ1) is 15.1. The molecule has 0 N–H and O–H groups in total. The van der Waals surface area contributed by atoms with E-state index in [4.69, 9.17) is 13.9 Å². The SMILES string of the molecule is COc1ccc(-c2nc(CN3C[C@@H](C)OC[C@H]3C)co2)cc1. The van der Waals surface area contributed by atoms with Crippen LogP contribution in [0.4, 0.5) is 0 Å². The Kier molecular flexibility index (Phi) is 4.45. The van der Waals surface area contributed by atoms with Crippen LogP contribution in [0.25, 0.3) is 11.5 Å². The lowest BCUT2D eigenvalue weighted by atomic mass is 10.2. The zero-order valence-electron chi connectivity index (χ0n) is 13.3. The highest BCUT2D eigenvalue weighted by Crippen LogP contribution is 2.23. The van der Waals surface area contributed by atoms with Gasteiger partial charge in [-0.05, 0) is 38.1 Å². The molecular weight excluding hydrogens is 280 g/mol. The van der Waals surface area contributed by atoms with Crippen molar-refractivity contribution in [3.63, 3.8) is 0 Å². The number of morpholine rings is 1. The summed E-state index contributed by atoms with van der Waals surface area (Å²) in [4.78, 5) is 6.98. The fourth-order valence-electron chi connectivity index (χ4n) is 2.65. The summed E-state index contributed by atoms with van der Waals surface area (Å²) in [5.41, 5.74) is 1.90. The second-order valence-corrected chi connectivity index (χ2v) is 5.79. The Labute approximate surface area is 130 Å². The molecule has 5 nitrogen and oxygen atoms in total. The van der Waals surface area contributed by atoms with Gasteiger partial charge in [0.25, 0.3) is 0 Å². The quantitative estimate of drug-likeness (QED) is 0.869. The highest BCUT2D eigenvalue weighted by molar-refractivity contribution is 5.54. The van der Waals surface area contributed by atoms with Crippen LogP contribution in [0.15, 0.2) is 34.9 Å². The van der Waals surface area contributed by atoms with E-state index < -0.39 is 0 Å². The van der Waals surface area contributed by atoms with Crippen molar-refractivity contribution < 1.29 is 13.9 Å². The number of rotatable bonds is 4. The van der Waals surface area contributed by atoms with Gasteiger partial charge in [0.1, 0.15) is 12.0 Å². The van der Waals surface area contributed by atoms with Crippen LogP contribution in [0.3, 0.4) is 0 Å². The lowest BCUT2D eigenvalue weighted by Gasteiger charge is -2.36. The van der Waals surface area contributed by atoms with Crippen molar-refractivity contribution in [2.45, 2.75) is 32.5 Å². The second kappa shape index (κ2) is 6.50. The van der Waals surface area contributed by atoms with Gasteiger partial charge >= 0.3 is 0 Å². The Morgan fingerprint density at radius 1 is 1.27 bits per heavy atom. The van der Waals surface area contributed by atoms with Gasteiger partial charge in [0.15, 0.2) is 0 Å². The molecule has 2 atom stereocenters. The predicted octanol–water partition coefficient (Wildman–Crippen LogP) is 2.96. The summed E-state index contributed by atoms with van der Waals surface area (Å²) in [7, 11) is 1.66. The highest BCUT2D eigenvalue weighted by Gasteiger charge is 2.24. The number of hydrogen-bond donors (Lipinski definition) is 0. The van der Waals surface area contributed by atoms with Gasteiger partial charge in [0.05, 0.1) is 25.5 Å². The molecule has 0 unspecified atom stereocenters. The fraction of sp³-hybridized carbons (Fsp3) is 0.471. The molecule has 3 rings (SSSR count). The molecule has 1 aromatic carbocycles. The molecule has 0 radical (unpaired) electrons. The molecule has 0 amide bonds. The van der Waals surface area contributed by atoms with Gasteiger partial charge in [0, 0.05) is 24.7 Å². The second-order valence-electron chi connectivity index (χ2n) is 5.79. The Morgan fingerprint density at radius 2 is 2.05 bits per heavy atom. The monoisotopic (exact) mass is 302 g/mol. The van der Waals surface area contributed by atoms with Crippen LogP contribution < -0.4 is 4.74 Å². The Balaban J connectivity index is 1.70. The zero-order chi connectivity index (χ0) is 15.5. The summed E-state index contributed by atoms with van der Waals surface area (Å²) >= 11 is 0. The van der Waals surface area contributed by atoms with Crippen molar-refractivity contribution in [1.29, 1.82) is 0 Å². The summed E-state index contributed by atoms with van der Waals surface area (Å²) in [6.45, 7) is 6.76. The molecule has 1 aromatic heterocycles. The molecule has 0 aliphatic carbocycles. The maximum atomic E-state index is 5.66. The van der Waals surface area contributed by atoms with Crippen molar-refractivity contribution >= 4 is 0 Å². The maximum absolute atomic E-state index is 5.66. The standard InChI is InChI=1S/C17H22N2O3/c1-12-10-21-13(2)8-19(12)9-15-11-22-17(18-15)14-4-6-16(20-3)7-5-14/h4-7,11-13H,8-10H2,1-3H3/t12-,13-/m1/s1. The van der Waals surface area contributed by atoms with Crippen molar-refractivity contribution in [1.82, 2.24) is 9.88 Å². The lowest BCUT2D eigenvalue weighted by molar-refractivity contribution is -0.0530. The number of hydrogen-bond acceptors (Lipinski definition) is 5. The minimum Gasteiger partial charge on any atom is -0.497 e. The summed E-state index contributed by atoms with van der Waals surface area (Å²) in [5, 5.41) is 0. The van der Waals surface area contributed by atoms with Crippen LogP contribution in [0.1, 0.15) is 19.5 Å². The van der Waals surface area contributed by atoms with E-state index in [-0.39, 0.29) is 6.10 Å². The van der Waals surface area contributed by atoms with Crippen LogP contribution in [-0.2, 0) is 11.3 Å². The normalized spacial score (nSPS) is 22.7. The van der Waals surface area contributed by atoms with Gasteiger partial charge in [-0.3, -0.25) is 4.90 Å². The topological polar surface area (TPSA) is 47.7 Å². The molecule has 0 bridgehead atoms. The van der Waals surface area contributed by atoms with Crippen LogP contribution in [0, 0.1) is 0 Å². The molecule has 2 heterocycles. The van der Waals surface area contributed by atoms with E-state index in [1.165, 1.54) is 0 Å². The van der Waals surface area contributed by atoms with Crippen molar-refractivity contribution in [2.24, 2.45) is 0 Å². The molecule has 1 fully saturated rings. The third-order valence-corrected chi connectivity index (χ3v) is 3.99. The maximum Gasteiger partial charge on any atom is 0.226 e. The number of oxazole rings is 1. The van der Waals surface area contributed by atoms with Crippen LogP contribution in [0.5, 0.6) is 5.75 Å². The summed E-state index contributed by atoms with van der Waals surface area (Å²) in [5.74, 6) is 1.47. The fourth-order valence-corrected chi connectivity index (χ4v) is 2.65. The third kappa shape index (κ3) is 3.31. The molecule has 1 aliphatic heterocycles. The van der Waals surface area contributed by atoms with Crippen LogP contribution in [-0.4, -0.2) is 42.3 Å². The number of benzene rings is 1. The smallest absolute Gasteiger partial charge is 0.226 e. The summed E-state index contributed by atoms with van der Waals surface area (Å²) in [6, 6.07) is 8.12. The van der Waals surface area contributed by atoms with E-state index in [1.807, 2.05) is 24.3 Å². The van der Waals surface area contributed by atoms with Crippen LogP contribution in [0.2, 0.25) is 0 Å². The van der Waals surface area contributed by atoms with E-state index in [1.54, 1.807) is 13.4 Å². The molecule has 22 heavy (non-hydrogen) atoms. The predicted molar refractivity (Wildman–Crippen MR) is 83.8 cm³/mol. The summed E-state index contributed by atoms with van der Waals surface area (Å²) in [6.07, 6.45) is 2.01. The van der Waals surface area contributed by atoms with Gasteiger partial charge < -0.3 is 13.9 Å². The average Bonchev–Trinajstić information content (AvgIpc) is 2.99. The molecule has 0 saturated carbocycles. The van der Waals surface area contributed by atoms with Crippen molar-refractivity contribution in [3.8, 4) is 17.2 Å². The molecule has 1 aliphatic rings. The van der Waals surface area contributed by atoms with Gasteiger partial charge in [-0.2, -0.15) is 0 Å².